The Hall–Kier alpha value is -2.89. The molecule has 7 nitrogen and oxygen atoms in total. The summed E-state index contributed by atoms with van der Waals surface area (Å²) in [5, 5.41) is 0. The lowest BCUT2D eigenvalue weighted by atomic mass is 10.3. The van der Waals surface area contributed by atoms with Gasteiger partial charge in [0.25, 0.3) is 5.91 Å². The lowest BCUT2D eigenvalue weighted by molar-refractivity contribution is 0.0689. The number of aromatic amines is 1. The first-order chi connectivity index (χ1) is 14.8. The summed E-state index contributed by atoms with van der Waals surface area (Å²) in [6, 6.07) is 11.5. The number of imidazole rings is 1. The summed E-state index contributed by atoms with van der Waals surface area (Å²) in [6.07, 6.45) is 1.52. The minimum Gasteiger partial charge on any atom is -0.336 e. The van der Waals surface area contributed by atoms with Gasteiger partial charge in [0.1, 0.15) is 22.2 Å². The molecule has 3 aromatic rings. The number of hydrogen-bond acceptors (Lipinski definition) is 4. The van der Waals surface area contributed by atoms with E-state index in [-0.39, 0.29) is 32.1 Å². The molecular weight excluding hydrogens is 446 g/mol. The fraction of sp³-hybridized carbons (Fsp3) is 0.200. The Labute approximate surface area is 182 Å². The quantitative estimate of drug-likeness (QED) is 0.603. The van der Waals surface area contributed by atoms with Crippen LogP contribution in [0, 0.1) is 16.4 Å². The molecule has 1 fully saturated rings. The molecule has 162 valence electrons. The van der Waals surface area contributed by atoms with E-state index in [1.165, 1.54) is 11.1 Å². The molecule has 0 bridgehead atoms. The maximum absolute atomic E-state index is 14.0. The van der Waals surface area contributed by atoms with Gasteiger partial charge in [0.05, 0.1) is 0 Å². The number of carbonyl (C=O) groups excluding carboxylic acids is 1. The number of aromatic nitrogens is 2. The molecule has 31 heavy (non-hydrogen) atoms. The standard InChI is InChI=1S/C20H18F2N4O3S2/c21-14-6-7-18(16(22)12-14)31(28,29)25-10-8-24(9-11-25)19(27)17-13-23-20(30)26(17)15-4-2-1-3-5-15/h1-7,12-13H,8-11H2,(H,23,30). The fourth-order valence-corrected chi connectivity index (χ4v) is 5.21. The number of para-hydroxylation sites is 1. The number of nitrogens with zero attached hydrogens (tertiary/aromatic N) is 3. The van der Waals surface area contributed by atoms with Gasteiger partial charge >= 0.3 is 0 Å². The molecule has 1 aromatic heterocycles. The molecule has 0 spiro atoms. The minimum atomic E-state index is -4.14. The highest BCUT2D eigenvalue weighted by atomic mass is 32.2. The van der Waals surface area contributed by atoms with Crippen LogP contribution in [-0.2, 0) is 10.0 Å². The summed E-state index contributed by atoms with van der Waals surface area (Å²) in [4.78, 5) is 16.9. The number of nitrogens with one attached hydrogen (secondary N) is 1. The molecule has 1 saturated heterocycles. The number of halogens is 2. The van der Waals surface area contributed by atoms with Crippen molar-refractivity contribution < 1.29 is 22.0 Å². The fourth-order valence-electron chi connectivity index (χ4n) is 3.48. The summed E-state index contributed by atoms with van der Waals surface area (Å²) < 4.78 is 55.7. The zero-order chi connectivity index (χ0) is 22.2. The number of rotatable bonds is 4. The molecule has 1 N–H and O–H groups in total. The van der Waals surface area contributed by atoms with Crippen molar-refractivity contribution in [1.29, 1.82) is 0 Å². The van der Waals surface area contributed by atoms with E-state index in [0.717, 1.165) is 22.1 Å². The van der Waals surface area contributed by atoms with E-state index in [1.54, 1.807) is 4.57 Å². The van der Waals surface area contributed by atoms with Crippen molar-refractivity contribution in [3.8, 4) is 5.69 Å². The normalized spacial score (nSPS) is 15.2. The van der Waals surface area contributed by atoms with Crippen molar-refractivity contribution in [1.82, 2.24) is 18.8 Å². The lowest BCUT2D eigenvalue weighted by Crippen LogP contribution is -2.50. The number of amides is 1. The molecule has 11 heteroatoms. The maximum Gasteiger partial charge on any atom is 0.272 e. The second-order valence-electron chi connectivity index (χ2n) is 6.92. The van der Waals surface area contributed by atoms with Crippen LogP contribution in [0.2, 0.25) is 0 Å². The number of sulfonamides is 1. The van der Waals surface area contributed by atoms with Gasteiger partial charge in [0.15, 0.2) is 4.77 Å². The third-order valence-electron chi connectivity index (χ3n) is 5.05. The first-order valence-electron chi connectivity index (χ1n) is 9.39. The summed E-state index contributed by atoms with van der Waals surface area (Å²) in [6.45, 7) is 0.212. The van der Waals surface area contributed by atoms with E-state index < -0.39 is 26.6 Å². The van der Waals surface area contributed by atoms with Crippen molar-refractivity contribution in [3.05, 3.63) is 76.8 Å². The summed E-state index contributed by atoms with van der Waals surface area (Å²) >= 11 is 5.31. The zero-order valence-electron chi connectivity index (χ0n) is 16.2. The largest absolute Gasteiger partial charge is 0.336 e. The van der Waals surface area contributed by atoms with Crippen LogP contribution in [-0.4, -0.2) is 59.3 Å². The van der Waals surface area contributed by atoms with Gasteiger partial charge < -0.3 is 9.88 Å². The Morgan fingerprint density at radius 1 is 1.00 bits per heavy atom. The average Bonchev–Trinajstić information content (AvgIpc) is 3.15. The van der Waals surface area contributed by atoms with E-state index in [0.29, 0.717) is 16.5 Å². The van der Waals surface area contributed by atoms with Crippen LogP contribution in [0.25, 0.3) is 5.69 Å². The van der Waals surface area contributed by atoms with Gasteiger partial charge in [-0.1, -0.05) is 18.2 Å². The van der Waals surface area contributed by atoms with E-state index in [4.69, 9.17) is 12.2 Å². The number of H-pyrrole nitrogens is 1. The summed E-state index contributed by atoms with van der Waals surface area (Å²) in [5.74, 6) is -2.31. The van der Waals surface area contributed by atoms with Crippen LogP contribution >= 0.6 is 12.2 Å². The predicted octanol–water partition coefficient (Wildman–Crippen LogP) is 2.96. The van der Waals surface area contributed by atoms with E-state index >= 15 is 0 Å². The number of carbonyl (C=O) groups is 1. The molecule has 0 radical (unpaired) electrons. The van der Waals surface area contributed by atoms with E-state index in [9.17, 15) is 22.0 Å². The summed E-state index contributed by atoms with van der Waals surface area (Å²) in [5.41, 5.74) is 1.06. The molecule has 0 atom stereocenters. The predicted molar refractivity (Wildman–Crippen MR) is 112 cm³/mol. The van der Waals surface area contributed by atoms with Crippen molar-refractivity contribution in [2.45, 2.75) is 4.90 Å². The number of benzene rings is 2. The second-order valence-corrected chi connectivity index (χ2v) is 9.21. The lowest BCUT2D eigenvalue weighted by Gasteiger charge is -2.34. The maximum atomic E-state index is 14.0. The Kier molecular flexibility index (Phi) is 5.73. The highest BCUT2D eigenvalue weighted by Gasteiger charge is 2.33. The van der Waals surface area contributed by atoms with Crippen LogP contribution in [0.1, 0.15) is 10.5 Å². The molecule has 1 amide bonds. The van der Waals surface area contributed by atoms with Crippen LogP contribution in [0.4, 0.5) is 8.78 Å². The molecule has 1 aliphatic heterocycles. The first kappa shape index (κ1) is 21.3. The Morgan fingerprint density at radius 2 is 1.68 bits per heavy atom. The SMILES string of the molecule is O=C(c1c[nH]c(=S)n1-c1ccccc1)N1CCN(S(=O)(=O)c2ccc(F)cc2F)CC1. The molecular formula is C20H18F2N4O3S2. The number of piperazine rings is 1. The van der Waals surface area contributed by atoms with Crippen molar-refractivity contribution >= 4 is 28.1 Å². The Bertz CT molecular complexity index is 1280. The van der Waals surface area contributed by atoms with Crippen molar-refractivity contribution in [2.24, 2.45) is 0 Å². The highest BCUT2D eigenvalue weighted by Crippen LogP contribution is 2.22. The van der Waals surface area contributed by atoms with Crippen LogP contribution in [0.15, 0.2) is 59.6 Å². The zero-order valence-corrected chi connectivity index (χ0v) is 17.8. The van der Waals surface area contributed by atoms with Crippen molar-refractivity contribution in [2.75, 3.05) is 26.2 Å². The van der Waals surface area contributed by atoms with Crippen LogP contribution in [0.3, 0.4) is 0 Å². The highest BCUT2D eigenvalue weighted by molar-refractivity contribution is 7.89. The third kappa shape index (κ3) is 4.03. The van der Waals surface area contributed by atoms with Crippen molar-refractivity contribution in [3.63, 3.8) is 0 Å². The van der Waals surface area contributed by atoms with Crippen LogP contribution < -0.4 is 0 Å². The van der Waals surface area contributed by atoms with E-state index in [1.807, 2.05) is 30.3 Å². The third-order valence-corrected chi connectivity index (χ3v) is 7.28. The molecule has 2 heterocycles. The monoisotopic (exact) mass is 464 g/mol. The summed E-state index contributed by atoms with van der Waals surface area (Å²) in [7, 11) is -4.14. The molecule has 0 aliphatic carbocycles. The van der Waals surface area contributed by atoms with Gasteiger partial charge in [-0.2, -0.15) is 4.31 Å². The van der Waals surface area contributed by atoms with Gasteiger partial charge in [0, 0.05) is 44.1 Å². The average molecular weight is 465 g/mol. The molecule has 0 unspecified atom stereocenters. The smallest absolute Gasteiger partial charge is 0.272 e. The molecule has 2 aromatic carbocycles. The van der Waals surface area contributed by atoms with E-state index in [2.05, 4.69) is 4.98 Å². The molecule has 4 rings (SSSR count). The second kappa shape index (κ2) is 8.33. The Balaban J connectivity index is 1.52. The molecule has 1 aliphatic rings. The molecule has 0 saturated carbocycles. The topological polar surface area (TPSA) is 78.4 Å². The van der Waals surface area contributed by atoms with Gasteiger partial charge in [0.2, 0.25) is 10.0 Å². The van der Waals surface area contributed by atoms with Gasteiger partial charge in [-0.3, -0.25) is 9.36 Å². The van der Waals surface area contributed by atoms with Gasteiger partial charge in [-0.05, 0) is 36.5 Å². The van der Waals surface area contributed by atoms with Gasteiger partial charge in [-0.25, -0.2) is 17.2 Å². The number of hydrogen-bond donors (Lipinski definition) is 1. The minimum absolute atomic E-state index is 0.0125. The van der Waals surface area contributed by atoms with Crippen LogP contribution in [0.5, 0.6) is 0 Å². The first-order valence-corrected chi connectivity index (χ1v) is 11.2. The van der Waals surface area contributed by atoms with Gasteiger partial charge in [-0.15, -0.1) is 0 Å². The Morgan fingerprint density at radius 3 is 2.32 bits per heavy atom.